The molecule has 0 aromatic rings. The maximum atomic E-state index is 9.59. The van der Waals surface area contributed by atoms with Gasteiger partial charge in [0.05, 0.1) is 19.3 Å². The van der Waals surface area contributed by atoms with Gasteiger partial charge in [0.25, 0.3) is 0 Å². The molecule has 0 aromatic carbocycles. The third kappa shape index (κ3) is 4.19. The van der Waals surface area contributed by atoms with Crippen LogP contribution in [0.4, 0.5) is 0 Å². The maximum Gasteiger partial charge on any atom is 0.0780 e. The van der Waals surface area contributed by atoms with Crippen LogP contribution in [-0.4, -0.2) is 50.2 Å². The molecule has 3 atom stereocenters. The summed E-state index contributed by atoms with van der Waals surface area (Å²) in [5.41, 5.74) is -0.0769. The van der Waals surface area contributed by atoms with E-state index in [4.69, 9.17) is 9.47 Å². The van der Waals surface area contributed by atoms with Gasteiger partial charge in [-0.15, -0.1) is 0 Å². The van der Waals surface area contributed by atoms with Crippen molar-refractivity contribution >= 4 is 0 Å². The van der Waals surface area contributed by atoms with Crippen LogP contribution in [0.15, 0.2) is 0 Å². The first kappa shape index (κ1) is 15.9. The molecule has 0 spiro atoms. The summed E-state index contributed by atoms with van der Waals surface area (Å²) < 4.78 is 11.1. The molecule has 0 heterocycles. The van der Waals surface area contributed by atoms with Crippen molar-refractivity contribution in [2.24, 2.45) is 5.92 Å². The van der Waals surface area contributed by atoms with E-state index in [0.29, 0.717) is 12.5 Å². The molecule has 1 saturated carbocycles. The highest BCUT2D eigenvalue weighted by Gasteiger charge is 2.40. The molecule has 0 amide bonds. The molecule has 108 valence electrons. The van der Waals surface area contributed by atoms with Crippen LogP contribution in [0.2, 0.25) is 0 Å². The van der Waals surface area contributed by atoms with E-state index in [1.54, 1.807) is 0 Å². The van der Waals surface area contributed by atoms with Crippen LogP contribution in [0.1, 0.15) is 39.5 Å². The van der Waals surface area contributed by atoms with E-state index in [9.17, 15) is 5.11 Å². The average Bonchev–Trinajstić information content (AvgIpc) is 2.80. The summed E-state index contributed by atoms with van der Waals surface area (Å²) in [5, 5.41) is 12.9. The Kier molecular flexibility index (Phi) is 7.15. The second-order valence-electron chi connectivity index (χ2n) is 5.28. The van der Waals surface area contributed by atoms with E-state index in [1.165, 1.54) is 12.8 Å². The quantitative estimate of drug-likeness (QED) is 0.660. The van der Waals surface area contributed by atoms with Crippen LogP contribution >= 0.6 is 0 Å². The molecule has 4 nitrogen and oxygen atoms in total. The fourth-order valence-corrected chi connectivity index (χ4v) is 2.92. The lowest BCUT2D eigenvalue weighted by Crippen LogP contribution is -2.49. The molecular weight excluding hydrogens is 230 g/mol. The minimum atomic E-state index is -0.0769. The van der Waals surface area contributed by atoms with Crippen molar-refractivity contribution in [2.45, 2.75) is 51.2 Å². The standard InChI is InChI=1S/C14H29NO3/c1-4-17-10-12(2)18-9-7-13-6-5-8-14(13,11-16)15-3/h12-13,15-16H,4-11H2,1-3H3. The molecular formula is C14H29NO3. The molecule has 18 heavy (non-hydrogen) atoms. The molecule has 0 aromatic heterocycles. The molecule has 0 bridgehead atoms. The molecule has 1 fully saturated rings. The summed E-state index contributed by atoms with van der Waals surface area (Å²) in [6.45, 7) is 6.42. The zero-order chi connectivity index (χ0) is 13.4. The third-order valence-corrected chi connectivity index (χ3v) is 4.16. The van der Waals surface area contributed by atoms with Gasteiger partial charge in [-0.2, -0.15) is 0 Å². The number of aliphatic hydroxyl groups is 1. The minimum Gasteiger partial charge on any atom is -0.394 e. The highest BCUT2D eigenvalue weighted by Crippen LogP contribution is 2.37. The Bertz CT molecular complexity index is 219. The van der Waals surface area contributed by atoms with Crippen molar-refractivity contribution in [3.8, 4) is 0 Å². The number of hydrogen-bond donors (Lipinski definition) is 2. The summed E-state index contributed by atoms with van der Waals surface area (Å²) >= 11 is 0. The zero-order valence-corrected chi connectivity index (χ0v) is 12.1. The first-order valence-electron chi connectivity index (χ1n) is 7.17. The first-order chi connectivity index (χ1) is 8.68. The van der Waals surface area contributed by atoms with Crippen molar-refractivity contribution in [1.29, 1.82) is 0 Å². The Morgan fingerprint density at radius 3 is 2.89 bits per heavy atom. The third-order valence-electron chi connectivity index (χ3n) is 4.16. The van der Waals surface area contributed by atoms with Crippen molar-refractivity contribution in [3.63, 3.8) is 0 Å². The van der Waals surface area contributed by atoms with E-state index >= 15 is 0 Å². The Hall–Kier alpha value is -0.160. The van der Waals surface area contributed by atoms with Gasteiger partial charge in [0, 0.05) is 18.8 Å². The molecule has 1 aliphatic rings. The van der Waals surface area contributed by atoms with Gasteiger partial charge in [-0.1, -0.05) is 6.42 Å². The SMILES string of the molecule is CCOCC(C)OCCC1CCCC1(CO)NC. The maximum absolute atomic E-state index is 9.59. The lowest BCUT2D eigenvalue weighted by atomic mass is 9.86. The highest BCUT2D eigenvalue weighted by molar-refractivity contribution is 4.97. The van der Waals surface area contributed by atoms with Crippen molar-refractivity contribution in [2.75, 3.05) is 33.5 Å². The molecule has 2 N–H and O–H groups in total. The summed E-state index contributed by atoms with van der Waals surface area (Å²) in [4.78, 5) is 0. The Labute approximate surface area is 111 Å². The van der Waals surface area contributed by atoms with Crippen molar-refractivity contribution in [3.05, 3.63) is 0 Å². The van der Waals surface area contributed by atoms with E-state index in [1.807, 2.05) is 20.9 Å². The van der Waals surface area contributed by atoms with Gasteiger partial charge in [-0.3, -0.25) is 0 Å². The molecule has 0 radical (unpaired) electrons. The van der Waals surface area contributed by atoms with E-state index in [-0.39, 0.29) is 18.2 Å². The molecule has 1 rings (SSSR count). The number of likely N-dealkylation sites (N-methyl/N-ethyl adjacent to an activating group) is 1. The number of aliphatic hydroxyl groups excluding tert-OH is 1. The van der Waals surface area contributed by atoms with Crippen LogP contribution < -0.4 is 5.32 Å². The van der Waals surface area contributed by atoms with Crippen LogP contribution in [0.5, 0.6) is 0 Å². The smallest absolute Gasteiger partial charge is 0.0780 e. The predicted octanol–water partition coefficient (Wildman–Crippen LogP) is 1.57. The molecule has 0 aliphatic heterocycles. The van der Waals surface area contributed by atoms with Crippen LogP contribution in [-0.2, 0) is 9.47 Å². The molecule has 3 unspecified atom stereocenters. The predicted molar refractivity (Wildman–Crippen MR) is 72.7 cm³/mol. The van der Waals surface area contributed by atoms with Crippen LogP contribution in [0.25, 0.3) is 0 Å². The summed E-state index contributed by atoms with van der Waals surface area (Å²) in [6.07, 6.45) is 4.62. The van der Waals surface area contributed by atoms with Crippen molar-refractivity contribution < 1.29 is 14.6 Å². The first-order valence-corrected chi connectivity index (χ1v) is 7.17. The Balaban J connectivity index is 2.26. The second kappa shape index (κ2) is 8.10. The normalized spacial score (nSPS) is 29.7. The lowest BCUT2D eigenvalue weighted by molar-refractivity contribution is -0.0123. The average molecular weight is 259 g/mol. The van der Waals surface area contributed by atoms with Gasteiger partial charge in [0.15, 0.2) is 0 Å². The van der Waals surface area contributed by atoms with Crippen LogP contribution in [0, 0.1) is 5.92 Å². The number of ether oxygens (including phenoxy) is 2. The summed E-state index contributed by atoms with van der Waals surface area (Å²) in [5.74, 6) is 0.520. The minimum absolute atomic E-state index is 0.0769. The highest BCUT2D eigenvalue weighted by atomic mass is 16.5. The zero-order valence-electron chi connectivity index (χ0n) is 12.1. The van der Waals surface area contributed by atoms with Gasteiger partial charge in [0.1, 0.15) is 0 Å². The van der Waals surface area contributed by atoms with Gasteiger partial charge in [-0.25, -0.2) is 0 Å². The number of nitrogens with one attached hydrogen (secondary N) is 1. The van der Waals surface area contributed by atoms with Crippen LogP contribution in [0.3, 0.4) is 0 Å². The van der Waals surface area contributed by atoms with E-state index in [0.717, 1.165) is 26.1 Å². The van der Waals surface area contributed by atoms with Gasteiger partial charge < -0.3 is 19.9 Å². The topological polar surface area (TPSA) is 50.7 Å². The lowest BCUT2D eigenvalue weighted by Gasteiger charge is -2.33. The van der Waals surface area contributed by atoms with E-state index in [2.05, 4.69) is 5.32 Å². The molecule has 4 heteroatoms. The van der Waals surface area contributed by atoms with E-state index < -0.39 is 0 Å². The van der Waals surface area contributed by atoms with Gasteiger partial charge in [-0.05, 0) is 46.1 Å². The Morgan fingerprint density at radius 1 is 1.50 bits per heavy atom. The second-order valence-corrected chi connectivity index (χ2v) is 5.28. The van der Waals surface area contributed by atoms with Gasteiger partial charge >= 0.3 is 0 Å². The summed E-state index contributed by atoms with van der Waals surface area (Å²) in [6, 6.07) is 0. The molecule has 0 saturated heterocycles. The fourth-order valence-electron chi connectivity index (χ4n) is 2.92. The number of hydrogen-bond acceptors (Lipinski definition) is 4. The van der Waals surface area contributed by atoms with Gasteiger partial charge in [0.2, 0.25) is 0 Å². The largest absolute Gasteiger partial charge is 0.394 e. The Morgan fingerprint density at radius 2 is 2.28 bits per heavy atom. The van der Waals surface area contributed by atoms with Crippen molar-refractivity contribution in [1.82, 2.24) is 5.32 Å². The molecule has 1 aliphatic carbocycles. The number of rotatable bonds is 9. The summed E-state index contributed by atoms with van der Waals surface area (Å²) in [7, 11) is 1.95. The monoisotopic (exact) mass is 259 g/mol. The fraction of sp³-hybridized carbons (Fsp3) is 1.00.